The van der Waals surface area contributed by atoms with Gasteiger partial charge in [0, 0.05) is 22.0 Å². The largest absolute Gasteiger partial charge is 0.372 e. The number of H-pyrrole nitrogens is 1. The third-order valence-corrected chi connectivity index (χ3v) is 4.41. The van der Waals surface area contributed by atoms with E-state index in [2.05, 4.69) is 15.3 Å². The highest BCUT2D eigenvalue weighted by atomic mass is 35.5. The number of anilines is 1. The number of ether oxygens (including phenoxy) is 1. The summed E-state index contributed by atoms with van der Waals surface area (Å²) >= 11 is 6.03. The summed E-state index contributed by atoms with van der Waals surface area (Å²) in [6, 6.07) is 13.2. The number of nitrogens with zero attached hydrogens (tertiary/aromatic N) is 1. The molecule has 0 bridgehead atoms. The number of rotatable bonds is 3. The molecule has 1 aliphatic heterocycles. The lowest BCUT2D eigenvalue weighted by atomic mass is 10.1. The molecule has 0 aliphatic carbocycles. The van der Waals surface area contributed by atoms with Crippen molar-refractivity contribution in [3.05, 3.63) is 70.0 Å². The number of carbonyl (C=O) groups excluding carboxylic acids is 1. The Bertz CT molecular complexity index is 965. The Hall–Kier alpha value is -2.63. The predicted molar refractivity (Wildman–Crippen MR) is 96.7 cm³/mol. The fourth-order valence-corrected chi connectivity index (χ4v) is 3.08. The van der Waals surface area contributed by atoms with Gasteiger partial charge >= 0.3 is 0 Å². The molecule has 6 heteroatoms. The molecule has 1 aliphatic rings. The van der Waals surface area contributed by atoms with E-state index in [1.54, 1.807) is 6.07 Å². The van der Waals surface area contributed by atoms with Gasteiger partial charge in [-0.3, -0.25) is 4.79 Å². The summed E-state index contributed by atoms with van der Waals surface area (Å²) in [5, 5.41) is 3.52. The number of hydrogen-bond acceptors (Lipinski definition) is 3. The molecule has 2 heterocycles. The quantitative estimate of drug-likeness (QED) is 0.736. The smallest absolute Gasteiger partial charge is 0.276 e. The highest BCUT2D eigenvalue weighted by Crippen LogP contribution is 2.25. The average molecular weight is 354 g/mol. The van der Waals surface area contributed by atoms with Gasteiger partial charge in [-0.05, 0) is 42.3 Å². The summed E-state index contributed by atoms with van der Waals surface area (Å²) in [6.45, 7) is 3.04. The molecule has 0 spiro atoms. The van der Waals surface area contributed by atoms with Crippen molar-refractivity contribution in [1.82, 2.24) is 9.97 Å². The van der Waals surface area contributed by atoms with E-state index in [-0.39, 0.29) is 5.91 Å². The molecule has 126 valence electrons. The van der Waals surface area contributed by atoms with Crippen LogP contribution in [0.4, 0.5) is 5.69 Å². The highest BCUT2D eigenvalue weighted by Gasteiger charge is 2.17. The standard InChI is InChI=1S/C19H16ClN3O2/c1-11-17(23-18(21-11)12-3-2-4-15(20)7-12)19(24)22-16-6-5-13-9-25-10-14(13)8-16/h2-8H,9-10H2,1H3,(H,21,23)(H,22,24). The van der Waals surface area contributed by atoms with E-state index in [0.717, 1.165) is 22.4 Å². The summed E-state index contributed by atoms with van der Waals surface area (Å²) in [4.78, 5) is 20.2. The first-order valence-corrected chi connectivity index (χ1v) is 8.31. The van der Waals surface area contributed by atoms with Crippen molar-refractivity contribution in [3.63, 3.8) is 0 Å². The molecule has 5 nitrogen and oxygen atoms in total. The van der Waals surface area contributed by atoms with Crippen LogP contribution in [0.15, 0.2) is 42.5 Å². The van der Waals surface area contributed by atoms with Gasteiger partial charge < -0.3 is 15.0 Å². The van der Waals surface area contributed by atoms with Crippen molar-refractivity contribution in [2.45, 2.75) is 20.1 Å². The lowest BCUT2D eigenvalue weighted by molar-refractivity contribution is 0.102. The number of hydrogen-bond donors (Lipinski definition) is 2. The fraction of sp³-hybridized carbons (Fsp3) is 0.158. The minimum absolute atomic E-state index is 0.249. The second kappa shape index (κ2) is 6.35. The summed E-state index contributed by atoms with van der Waals surface area (Å²) in [7, 11) is 0. The van der Waals surface area contributed by atoms with Crippen LogP contribution in [-0.4, -0.2) is 15.9 Å². The zero-order valence-corrected chi connectivity index (χ0v) is 14.4. The molecular weight excluding hydrogens is 338 g/mol. The van der Waals surface area contributed by atoms with Crippen LogP contribution in [0.2, 0.25) is 5.02 Å². The minimum atomic E-state index is -0.249. The van der Waals surface area contributed by atoms with Crippen molar-refractivity contribution in [1.29, 1.82) is 0 Å². The lowest BCUT2D eigenvalue weighted by Gasteiger charge is -2.05. The third-order valence-electron chi connectivity index (χ3n) is 4.18. The Morgan fingerprint density at radius 1 is 1.20 bits per heavy atom. The molecule has 0 radical (unpaired) electrons. The predicted octanol–water partition coefficient (Wildman–Crippen LogP) is 4.32. The van der Waals surface area contributed by atoms with Gasteiger partial charge in [0.15, 0.2) is 0 Å². The maximum absolute atomic E-state index is 12.6. The highest BCUT2D eigenvalue weighted by molar-refractivity contribution is 6.30. The number of imidazole rings is 1. The molecule has 0 unspecified atom stereocenters. The molecule has 25 heavy (non-hydrogen) atoms. The number of aromatic amines is 1. The van der Waals surface area contributed by atoms with Crippen LogP contribution in [0.5, 0.6) is 0 Å². The molecule has 0 saturated carbocycles. The van der Waals surface area contributed by atoms with E-state index in [1.807, 2.05) is 43.3 Å². The Morgan fingerprint density at radius 3 is 2.88 bits per heavy atom. The molecule has 0 atom stereocenters. The maximum atomic E-state index is 12.6. The third kappa shape index (κ3) is 3.16. The number of fused-ring (bicyclic) bond motifs is 1. The van der Waals surface area contributed by atoms with E-state index in [9.17, 15) is 4.79 Å². The number of aromatic nitrogens is 2. The van der Waals surface area contributed by atoms with Gasteiger partial charge in [-0.15, -0.1) is 0 Å². The first kappa shape index (κ1) is 15.9. The fourth-order valence-electron chi connectivity index (χ4n) is 2.89. The van der Waals surface area contributed by atoms with Crippen LogP contribution in [-0.2, 0) is 18.0 Å². The second-order valence-corrected chi connectivity index (χ2v) is 6.44. The Balaban J connectivity index is 1.58. The Labute approximate surface area is 150 Å². The van der Waals surface area contributed by atoms with Gasteiger partial charge in [-0.25, -0.2) is 4.98 Å². The second-order valence-electron chi connectivity index (χ2n) is 6.00. The summed E-state index contributed by atoms with van der Waals surface area (Å²) < 4.78 is 5.40. The summed E-state index contributed by atoms with van der Waals surface area (Å²) in [6.07, 6.45) is 0. The van der Waals surface area contributed by atoms with Gasteiger partial charge in [0.2, 0.25) is 0 Å². The van der Waals surface area contributed by atoms with Gasteiger partial charge in [0.25, 0.3) is 5.91 Å². The monoisotopic (exact) mass is 353 g/mol. The molecule has 0 fully saturated rings. The number of nitrogens with one attached hydrogen (secondary N) is 2. The van der Waals surface area contributed by atoms with E-state index in [4.69, 9.17) is 16.3 Å². The molecule has 2 N–H and O–H groups in total. The van der Waals surface area contributed by atoms with E-state index < -0.39 is 0 Å². The van der Waals surface area contributed by atoms with Crippen molar-refractivity contribution < 1.29 is 9.53 Å². The average Bonchev–Trinajstić information content (AvgIpc) is 3.20. The normalized spacial score (nSPS) is 12.9. The number of carbonyl (C=O) groups is 1. The van der Waals surface area contributed by atoms with Crippen LogP contribution in [0, 0.1) is 6.92 Å². The van der Waals surface area contributed by atoms with Crippen LogP contribution in [0.3, 0.4) is 0 Å². The topological polar surface area (TPSA) is 67.0 Å². The van der Waals surface area contributed by atoms with Crippen LogP contribution >= 0.6 is 11.6 Å². The Kier molecular flexibility index (Phi) is 4.03. The van der Waals surface area contributed by atoms with E-state index in [1.165, 1.54) is 0 Å². The van der Waals surface area contributed by atoms with Crippen LogP contribution < -0.4 is 5.32 Å². The zero-order valence-electron chi connectivity index (χ0n) is 13.6. The molecule has 1 aromatic heterocycles. The van der Waals surface area contributed by atoms with Crippen LogP contribution in [0.25, 0.3) is 11.4 Å². The number of benzene rings is 2. The lowest BCUT2D eigenvalue weighted by Crippen LogP contribution is -2.13. The molecule has 0 saturated heterocycles. The van der Waals surface area contributed by atoms with Gasteiger partial charge in [-0.1, -0.05) is 29.8 Å². The number of amides is 1. The van der Waals surface area contributed by atoms with E-state index in [0.29, 0.717) is 35.4 Å². The van der Waals surface area contributed by atoms with Crippen molar-refractivity contribution in [2.75, 3.05) is 5.32 Å². The molecule has 4 rings (SSSR count). The maximum Gasteiger partial charge on any atom is 0.276 e. The Morgan fingerprint density at radius 2 is 2.04 bits per heavy atom. The SMILES string of the molecule is Cc1[nH]c(-c2cccc(Cl)c2)nc1C(=O)Nc1ccc2c(c1)COC2. The first-order valence-electron chi connectivity index (χ1n) is 7.93. The summed E-state index contributed by atoms with van der Waals surface area (Å²) in [5.74, 6) is 0.369. The zero-order chi connectivity index (χ0) is 17.4. The van der Waals surface area contributed by atoms with Gasteiger partial charge in [0.05, 0.1) is 13.2 Å². The van der Waals surface area contributed by atoms with E-state index >= 15 is 0 Å². The molecule has 1 amide bonds. The van der Waals surface area contributed by atoms with Crippen LogP contribution in [0.1, 0.15) is 27.3 Å². The molecule has 3 aromatic rings. The molecule has 2 aromatic carbocycles. The van der Waals surface area contributed by atoms with Gasteiger partial charge in [-0.2, -0.15) is 0 Å². The van der Waals surface area contributed by atoms with Crippen molar-refractivity contribution >= 4 is 23.2 Å². The van der Waals surface area contributed by atoms with Crippen molar-refractivity contribution in [3.8, 4) is 11.4 Å². The number of aryl methyl sites for hydroxylation is 1. The minimum Gasteiger partial charge on any atom is -0.372 e. The van der Waals surface area contributed by atoms with Crippen molar-refractivity contribution in [2.24, 2.45) is 0 Å². The first-order chi connectivity index (χ1) is 12.1. The molecular formula is C19H16ClN3O2. The number of halogens is 1. The van der Waals surface area contributed by atoms with Gasteiger partial charge in [0.1, 0.15) is 11.5 Å². The summed E-state index contributed by atoms with van der Waals surface area (Å²) in [5.41, 5.74) is 4.92.